The van der Waals surface area contributed by atoms with Crippen molar-refractivity contribution in [2.75, 3.05) is 6.61 Å². The van der Waals surface area contributed by atoms with Crippen molar-refractivity contribution in [3.05, 3.63) is 35.4 Å². The van der Waals surface area contributed by atoms with Gasteiger partial charge in [-0.2, -0.15) is 5.10 Å². The zero-order valence-electron chi connectivity index (χ0n) is 15.4. The number of ether oxygens (including phenoxy) is 2. The highest BCUT2D eigenvalue weighted by atomic mass is 16.6. The topological polar surface area (TPSA) is 80.2 Å². The Balaban J connectivity index is 1.73. The second-order valence-corrected chi connectivity index (χ2v) is 7.80. The molecule has 0 unspecified atom stereocenters. The van der Waals surface area contributed by atoms with Gasteiger partial charge in [0, 0.05) is 0 Å². The van der Waals surface area contributed by atoms with Crippen molar-refractivity contribution in [3.63, 3.8) is 0 Å². The molecule has 0 saturated carbocycles. The van der Waals surface area contributed by atoms with E-state index in [0.717, 1.165) is 11.1 Å². The van der Waals surface area contributed by atoms with Gasteiger partial charge in [0.05, 0.1) is 30.7 Å². The molecule has 0 aromatic heterocycles. The molecule has 1 aromatic carbocycles. The van der Waals surface area contributed by atoms with Gasteiger partial charge in [0.25, 0.3) is 0 Å². The van der Waals surface area contributed by atoms with Crippen LogP contribution in [0.25, 0.3) is 0 Å². The average molecular weight is 357 g/mol. The molecule has 138 valence electrons. The lowest BCUT2D eigenvalue weighted by Crippen LogP contribution is -2.37. The van der Waals surface area contributed by atoms with E-state index in [1.54, 1.807) is 11.8 Å². The molecule has 3 heterocycles. The maximum Gasteiger partial charge on any atom is 0.411 e. The molecule has 7 heteroatoms. The monoisotopic (exact) mass is 357 g/mol. The molecule has 4 atom stereocenters. The number of nitrogens with zero attached hydrogens (tertiary/aromatic N) is 2. The summed E-state index contributed by atoms with van der Waals surface area (Å²) in [5.41, 5.74) is 4.96. The highest BCUT2D eigenvalue weighted by Crippen LogP contribution is 2.58. The third kappa shape index (κ3) is 2.37. The average Bonchev–Trinajstić information content (AvgIpc) is 3.21. The summed E-state index contributed by atoms with van der Waals surface area (Å²) in [4.78, 5) is 27.1. The highest BCUT2D eigenvalue weighted by Gasteiger charge is 2.63. The maximum absolute atomic E-state index is 12.9. The largest absolute Gasteiger partial charge is 0.461 e. The maximum atomic E-state index is 12.9. The van der Waals surface area contributed by atoms with Crippen LogP contribution in [0.1, 0.15) is 50.9 Å². The van der Waals surface area contributed by atoms with E-state index >= 15 is 0 Å². The second-order valence-electron chi connectivity index (χ2n) is 7.80. The van der Waals surface area contributed by atoms with Crippen LogP contribution in [0.3, 0.4) is 0 Å². The van der Waals surface area contributed by atoms with Crippen molar-refractivity contribution in [1.82, 2.24) is 10.3 Å². The van der Waals surface area contributed by atoms with E-state index < -0.39 is 11.6 Å². The number of hydrogen-bond acceptors (Lipinski definition) is 6. The lowest BCUT2D eigenvalue weighted by atomic mass is 9.79. The second kappa shape index (κ2) is 5.72. The van der Waals surface area contributed by atoms with E-state index in [1.165, 1.54) is 0 Å². The first kappa shape index (κ1) is 16.9. The number of hydrazone groups is 1. The van der Waals surface area contributed by atoms with Crippen molar-refractivity contribution in [3.8, 4) is 0 Å². The van der Waals surface area contributed by atoms with Crippen LogP contribution < -0.4 is 5.43 Å². The van der Waals surface area contributed by atoms with Crippen LogP contribution >= 0.6 is 0 Å². The van der Waals surface area contributed by atoms with Crippen molar-refractivity contribution in [2.45, 2.75) is 51.4 Å². The molecule has 0 radical (unpaired) electrons. The van der Waals surface area contributed by atoms with Gasteiger partial charge < -0.3 is 14.9 Å². The molecule has 1 aromatic rings. The van der Waals surface area contributed by atoms with Crippen LogP contribution in [0.2, 0.25) is 0 Å². The zero-order chi connectivity index (χ0) is 18.6. The molecule has 1 N–H and O–H groups in total. The molecule has 3 aliphatic heterocycles. The van der Waals surface area contributed by atoms with Gasteiger partial charge in [0.1, 0.15) is 5.60 Å². The van der Waals surface area contributed by atoms with Gasteiger partial charge in [0.15, 0.2) is 5.71 Å². The van der Waals surface area contributed by atoms with Crippen LogP contribution in [-0.2, 0) is 14.3 Å². The number of rotatable bonds is 2. The summed E-state index contributed by atoms with van der Waals surface area (Å²) in [5, 5.41) is 4.24. The third-order valence-corrected chi connectivity index (χ3v) is 5.04. The Kier molecular flexibility index (Phi) is 3.71. The van der Waals surface area contributed by atoms with E-state index in [9.17, 15) is 9.59 Å². The lowest BCUT2D eigenvalue weighted by Gasteiger charge is -2.28. The fraction of sp³-hybridized carbons (Fsp3) is 0.526. The summed E-state index contributed by atoms with van der Waals surface area (Å²) < 4.78 is 10.8. The molecule has 0 spiro atoms. The predicted octanol–water partition coefficient (Wildman–Crippen LogP) is 2.54. The molecule has 4 rings (SSSR count). The van der Waals surface area contributed by atoms with Crippen molar-refractivity contribution >= 4 is 17.8 Å². The first-order valence-electron chi connectivity index (χ1n) is 8.94. The lowest BCUT2D eigenvalue weighted by molar-refractivity contribution is -0.135. The summed E-state index contributed by atoms with van der Waals surface area (Å²) in [7, 11) is 0. The molecule has 0 aliphatic carbocycles. The number of nitrogens with one attached hydrogen (secondary N) is 1. The van der Waals surface area contributed by atoms with Gasteiger partial charge in [-0.1, -0.05) is 24.3 Å². The standard InChI is InChI=1S/C19H23N3O4/c1-5-25-17(23)14-12-13(20-21-14)16-11-9-7-6-8-10(11)15(12)22(16)18(24)26-19(2,3)4/h6-9,12-13,15-16,20H,5H2,1-4H3/t12-,13-,15-,16+/m0/s1. The summed E-state index contributed by atoms with van der Waals surface area (Å²) in [6.45, 7) is 7.60. The Morgan fingerprint density at radius 1 is 1.19 bits per heavy atom. The molecule has 2 bridgehead atoms. The number of benzene rings is 1. The number of carbonyl (C=O) groups excluding carboxylic acids is 2. The van der Waals surface area contributed by atoms with E-state index in [4.69, 9.17) is 9.47 Å². The van der Waals surface area contributed by atoms with Crippen LogP contribution in [0, 0.1) is 5.92 Å². The first-order chi connectivity index (χ1) is 12.3. The summed E-state index contributed by atoms with van der Waals surface area (Å²) in [5.74, 6) is -0.664. The van der Waals surface area contributed by atoms with Gasteiger partial charge in [-0.15, -0.1) is 0 Å². The summed E-state index contributed by atoms with van der Waals surface area (Å²) in [6.07, 6.45) is -0.372. The summed E-state index contributed by atoms with van der Waals surface area (Å²) >= 11 is 0. The Bertz CT molecular complexity index is 798. The number of amides is 1. The van der Waals surface area contributed by atoms with Gasteiger partial charge in [0.2, 0.25) is 0 Å². The molecule has 1 saturated heterocycles. The molecule has 1 amide bonds. The van der Waals surface area contributed by atoms with E-state index in [1.807, 2.05) is 45.0 Å². The molecule has 7 nitrogen and oxygen atoms in total. The van der Waals surface area contributed by atoms with Crippen molar-refractivity contribution in [2.24, 2.45) is 11.0 Å². The molecular formula is C19H23N3O4. The SMILES string of the molecule is CCOC(=O)C1=NN[C@H]2[C@@H]1[C@@H]1c3ccccc3[C@H]2N1C(=O)OC(C)(C)C. The fourth-order valence-electron chi connectivity index (χ4n) is 4.27. The number of carbonyl (C=O) groups is 2. The zero-order valence-corrected chi connectivity index (χ0v) is 15.4. The number of hydrogen-bond donors (Lipinski definition) is 1. The quantitative estimate of drug-likeness (QED) is 0.823. The number of fused-ring (bicyclic) bond motifs is 8. The number of esters is 1. The van der Waals surface area contributed by atoms with Gasteiger partial charge in [-0.05, 0) is 38.8 Å². The molecule has 3 aliphatic rings. The Labute approximate surface area is 152 Å². The van der Waals surface area contributed by atoms with E-state index in [2.05, 4.69) is 10.5 Å². The minimum Gasteiger partial charge on any atom is -0.461 e. The molecule has 26 heavy (non-hydrogen) atoms. The predicted molar refractivity (Wildman–Crippen MR) is 94.5 cm³/mol. The van der Waals surface area contributed by atoms with Gasteiger partial charge >= 0.3 is 12.1 Å². The minimum absolute atomic E-state index is 0.151. The smallest absolute Gasteiger partial charge is 0.411 e. The fourth-order valence-corrected chi connectivity index (χ4v) is 4.27. The minimum atomic E-state index is -0.591. The molecule has 1 fully saturated rings. The third-order valence-electron chi connectivity index (χ3n) is 5.04. The Hall–Kier alpha value is -2.57. The Morgan fingerprint density at radius 3 is 2.46 bits per heavy atom. The normalized spacial score (nSPS) is 28.2. The van der Waals surface area contributed by atoms with E-state index in [-0.39, 0.29) is 36.7 Å². The van der Waals surface area contributed by atoms with E-state index in [0.29, 0.717) is 5.71 Å². The van der Waals surface area contributed by atoms with Crippen molar-refractivity contribution < 1.29 is 19.1 Å². The first-order valence-corrected chi connectivity index (χ1v) is 8.94. The van der Waals surface area contributed by atoms with Crippen LogP contribution in [-0.4, -0.2) is 40.9 Å². The van der Waals surface area contributed by atoms with Crippen LogP contribution in [0.5, 0.6) is 0 Å². The van der Waals surface area contributed by atoms with Gasteiger partial charge in [-0.25, -0.2) is 9.59 Å². The molecular weight excluding hydrogens is 334 g/mol. The van der Waals surface area contributed by atoms with Crippen molar-refractivity contribution in [1.29, 1.82) is 0 Å². The highest BCUT2D eigenvalue weighted by molar-refractivity contribution is 6.38. The van der Waals surface area contributed by atoms with Crippen LogP contribution in [0.4, 0.5) is 4.79 Å². The van der Waals surface area contributed by atoms with Gasteiger partial charge in [-0.3, -0.25) is 4.90 Å². The Morgan fingerprint density at radius 2 is 1.85 bits per heavy atom. The van der Waals surface area contributed by atoms with Crippen LogP contribution in [0.15, 0.2) is 29.4 Å². The summed E-state index contributed by atoms with van der Waals surface area (Å²) in [6, 6.07) is 7.30.